The van der Waals surface area contributed by atoms with Crippen molar-refractivity contribution >= 4 is 11.8 Å². The number of benzene rings is 2. The standard InChI is InChI=1S/C18H16N2O2S/c1-13(11-19)21-15-3-7-17(8-4-15)23-18-9-5-16(6-10-18)22-14(2)12-20/h3-10,13-14H,1-2H3/t13-,14+. The molecule has 0 fully saturated rings. The molecule has 2 aromatic carbocycles. The van der Waals surface area contributed by atoms with Crippen molar-refractivity contribution in [2.45, 2.75) is 35.8 Å². The smallest absolute Gasteiger partial charge is 0.181 e. The number of nitriles is 2. The lowest BCUT2D eigenvalue weighted by molar-refractivity contribution is 0.276. The van der Waals surface area contributed by atoms with Crippen molar-refractivity contribution in [3.05, 3.63) is 48.5 Å². The molecule has 2 atom stereocenters. The number of hydrogen-bond acceptors (Lipinski definition) is 5. The first-order valence-electron chi connectivity index (χ1n) is 7.11. The number of ether oxygens (including phenoxy) is 2. The molecule has 5 heteroatoms. The summed E-state index contributed by atoms with van der Waals surface area (Å²) in [7, 11) is 0. The van der Waals surface area contributed by atoms with Crippen LogP contribution in [0.5, 0.6) is 11.5 Å². The first kappa shape index (κ1) is 16.7. The van der Waals surface area contributed by atoms with E-state index in [2.05, 4.69) is 0 Å². The minimum Gasteiger partial charge on any atom is -0.476 e. The summed E-state index contributed by atoms with van der Waals surface area (Å²) in [6.45, 7) is 3.42. The molecule has 0 aliphatic rings. The third kappa shape index (κ3) is 5.25. The highest BCUT2D eigenvalue weighted by Crippen LogP contribution is 2.30. The average molecular weight is 324 g/mol. The molecule has 2 aromatic rings. The zero-order chi connectivity index (χ0) is 16.7. The fourth-order valence-electron chi connectivity index (χ4n) is 1.77. The fourth-order valence-corrected chi connectivity index (χ4v) is 2.59. The highest BCUT2D eigenvalue weighted by Gasteiger charge is 2.04. The second-order valence-corrected chi connectivity index (χ2v) is 5.97. The van der Waals surface area contributed by atoms with Crippen LogP contribution in [0.25, 0.3) is 0 Å². The largest absolute Gasteiger partial charge is 0.476 e. The van der Waals surface area contributed by atoms with Gasteiger partial charge in [0.25, 0.3) is 0 Å². The maximum Gasteiger partial charge on any atom is 0.181 e. The summed E-state index contributed by atoms with van der Waals surface area (Å²) in [4.78, 5) is 2.14. The minimum absolute atomic E-state index is 0.461. The molecule has 0 spiro atoms. The predicted octanol–water partition coefficient (Wildman–Crippen LogP) is 4.42. The van der Waals surface area contributed by atoms with E-state index in [1.165, 1.54) is 0 Å². The van der Waals surface area contributed by atoms with Crippen LogP contribution in [0.3, 0.4) is 0 Å². The molecule has 0 N–H and O–H groups in total. The normalized spacial score (nSPS) is 12.5. The molecule has 0 radical (unpaired) electrons. The molecule has 116 valence electrons. The van der Waals surface area contributed by atoms with Crippen molar-refractivity contribution in [3.8, 4) is 23.6 Å². The van der Waals surface area contributed by atoms with E-state index in [-0.39, 0.29) is 0 Å². The monoisotopic (exact) mass is 324 g/mol. The molecule has 0 amide bonds. The van der Waals surface area contributed by atoms with Gasteiger partial charge in [-0.05, 0) is 62.4 Å². The molecule has 4 nitrogen and oxygen atoms in total. The Morgan fingerprint density at radius 3 is 1.39 bits per heavy atom. The molecule has 0 bridgehead atoms. The van der Waals surface area contributed by atoms with Crippen LogP contribution in [-0.4, -0.2) is 12.2 Å². The third-order valence-electron chi connectivity index (χ3n) is 2.87. The van der Waals surface area contributed by atoms with Crippen molar-refractivity contribution in [1.29, 1.82) is 10.5 Å². The van der Waals surface area contributed by atoms with Crippen molar-refractivity contribution < 1.29 is 9.47 Å². The van der Waals surface area contributed by atoms with Crippen LogP contribution in [0.4, 0.5) is 0 Å². The molecule has 0 saturated heterocycles. The maximum atomic E-state index is 8.73. The van der Waals surface area contributed by atoms with Gasteiger partial charge >= 0.3 is 0 Å². The van der Waals surface area contributed by atoms with Gasteiger partial charge in [0.1, 0.15) is 23.6 Å². The van der Waals surface area contributed by atoms with E-state index in [9.17, 15) is 0 Å². The summed E-state index contributed by atoms with van der Waals surface area (Å²) in [6.07, 6.45) is -0.923. The van der Waals surface area contributed by atoms with E-state index in [1.807, 2.05) is 60.7 Å². The van der Waals surface area contributed by atoms with Crippen LogP contribution >= 0.6 is 11.8 Å². The third-order valence-corrected chi connectivity index (χ3v) is 3.89. The topological polar surface area (TPSA) is 66.0 Å². The predicted molar refractivity (Wildman–Crippen MR) is 88.4 cm³/mol. The SMILES string of the molecule is C[C@H](C#N)Oc1ccc(Sc2ccc(O[C@@H](C)C#N)cc2)cc1. The van der Waals surface area contributed by atoms with Crippen LogP contribution in [0, 0.1) is 22.7 Å². The molecule has 0 aliphatic heterocycles. The first-order chi connectivity index (χ1) is 11.1. The van der Waals surface area contributed by atoms with E-state index in [0.29, 0.717) is 11.5 Å². The summed E-state index contributed by atoms with van der Waals surface area (Å²) >= 11 is 1.61. The lowest BCUT2D eigenvalue weighted by atomic mass is 10.3. The summed E-state index contributed by atoms with van der Waals surface area (Å²) in [6, 6.07) is 19.3. The van der Waals surface area contributed by atoms with Gasteiger partial charge in [-0.15, -0.1) is 0 Å². The van der Waals surface area contributed by atoms with Crippen LogP contribution in [-0.2, 0) is 0 Å². The van der Waals surface area contributed by atoms with E-state index in [4.69, 9.17) is 20.0 Å². The Morgan fingerprint density at radius 2 is 1.09 bits per heavy atom. The van der Waals surface area contributed by atoms with E-state index >= 15 is 0 Å². The van der Waals surface area contributed by atoms with Crippen LogP contribution in [0.15, 0.2) is 58.3 Å². The quantitative estimate of drug-likeness (QED) is 0.787. The summed E-state index contributed by atoms with van der Waals surface area (Å²) in [5, 5.41) is 17.5. The van der Waals surface area contributed by atoms with Gasteiger partial charge in [-0.2, -0.15) is 10.5 Å². The van der Waals surface area contributed by atoms with Crippen LogP contribution in [0.1, 0.15) is 13.8 Å². The number of hydrogen-bond donors (Lipinski definition) is 0. The van der Waals surface area contributed by atoms with E-state index in [1.54, 1.807) is 25.6 Å². The molecule has 0 unspecified atom stereocenters. The summed E-state index contributed by atoms with van der Waals surface area (Å²) in [5.74, 6) is 1.36. The molecule has 23 heavy (non-hydrogen) atoms. The Bertz CT molecular complexity index is 651. The molecule has 2 rings (SSSR count). The van der Waals surface area contributed by atoms with Crippen molar-refractivity contribution in [3.63, 3.8) is 0 Å². The fraction of sp³-hybridized carbons (Fsp3) is 0.222. The van der Waals surface area contributed by atoms with Gasteiger partial charge < -0.3 is 9.47 Å². The van der Waals surface area contributed by atoms with Gasteiger partial charge in [-0.25, -0.2) is 0 Å². The van der Waals surface area contributed by atoms with Gasteiger partial charge in [0.2, 0.25) is 0 Å². The number of nitrogens with zero attached hydrogens (tertiary/aromatic N) is 2. The molecular formula is C18H16N2O2S. The van der Waals surface area contributed by atoms with Gasteiger partial charge in [0, 0.05) is 9.79 Å². The Balaban J connectivity index is 1.97. The minimum atomic E-state index is -0.461. The van der Waals surface area contributed by atoms with Gasteiger partial charge in [-0.3, -0.25) is 0 Å². The highest BCUT2D eigenvalue weighted by atomic mass is 32.2. The van der Waals surface area contributed by atoms with Gasteiger partial charge in [0.05, 0.1) is 0 Å². The van der Waals surface area contributed by atoms with Gasteiger partial charge in [-0.1, -0.05) is 11.8 Å². The molecular weight excluding hydrogens is 308 g/mol. The average Bonchev–Trinajstić information content (AvgIpc) is 2.58. The second kappa shape index (κ2) is 8.12. The lowest BCUT2D eigenvalue weighted by Crippen LogP contribution is -2.07. The van der Waals surface area contributed by atoms with Gasteiger partial charge in [0.15, 0.2) is 12.2 Å². The zero-order valence-corrected chi connectivity index (χ0v) is 13.7. The molecule has 0 aliphatic carbocycles. The molecule has 0 saturated carbocycles. The Morgan fingerprint density at radius 1 is 0.739 bits per heavy atom. The van der Waals surface area contributed by atoms with Crippen LogP contribution < -0.4 is 9.47 Å². The van der Waals surface area contributed by atoms with E-state index < -0.39 is 12.2 Å². The Kier molecular flexibility index (Phi) is 5.91. The summed E-state index contributed by atoms with van der Waals surface area (Å²) in [5.41, 5.74) is 0. The van der Waals surface area contributed by atoms with E-state index in [0.717, 1.165) is 9.79 Å². The summed E-state index contributed by atoms with van der Waals surface area (Å²) < 4.78 is 10.8. The second-order valence-electron chi connectivity index (χ2n) is 4.82. The van der Waals surface area contributed by atoms with Crippen LogP contribution in [0.2, 0.25) is 0 Å². The maximum absolute atomic E-state index is 8.73. The lowest BCUT2D eigenvalue weighted by Gasteiger charge is -2.09. The molecule has 0 aromatic heterocycles. The molecule has 0 heterocycles. The first-order valence-corrected chi connectivity index (χ1v) is 7.93. The van der Waals surface area contributed by atoms with Crippen molar-refractivity contribution in [1.82, 2.24) is 0 Å². The number of rotatable bonds is 6. The zero-order valence-electron chi connectivity index (χ0n) is 12.9. The Hall–Kier alpha value is -2.63. The van der Waals surface area contributed by atoms with Crippen molar-refractivity contribution in [2.24, 2.45) is 0 Å². The van der Waals surface area contributed by atoms with Crippen molar-refractivity contribution in [2.75, 3.05) is 0 Å². The highest BCUT2D eigenvalue weighted by molar-refractivity contribution is 7.99. The Labute approximate surface area is 140 Å².